The first-order valence-electron chi connectivity index (χ1n) is 7.23. The lowest BCUT2D eigenvalue weighted by atomic mass is 10.1. The molecule has 4 unspecified atom stereocenters. The molecule has 0 radical (unpaired) electrons. The van der Waals surface area contributed by atoms with Crippen molar-refractivity contribution in [2.75, 3.05) is 26.5 Å². The zero-order chi connectivity index (χ0) is 15.4. The van der Waals surface area contributed by atoms with Gasteiger partial charge in [-0.05, 0) is 23.0 Å². The van der Waals surface area contributed by atoms with Crippen LogP contribution in [0.3, 0.4) is 0 Å². The highest BCUT2D eigenvalue weighted by Gasteiger charge is 2.34. The Hall–Kier alpha value is 0.310. The fraction of sp³-hybridized carbons (Fsp3) is 0.786. The van der Waals surface area contributed by atoms with Gasteiger partial charge in [-0.2, -0.15) is 28.6 Å². The Morgan fingerprint density at radius 2 is 2.29 bits per heavy atom. The summed E-state index contributed by atoms with van der Waals surface area (Å²) in [5.41, 5.74) is 1.23. The monoisotopic (exact) mass is 393 g/mol. The number of aromatic nitrogens is 2. The van der Waals surface area contributed by atoms with Gasteiger partial charge in [0.25, 0.3) is 0 Å². The van der Waals surface area contributed by atoms with E-state index in [9.17, 15) is 0 Å². The van der Waals surface area contributed by atoms with Crippen LogP contribution < -0.4 is 5.32 Å². The summed E-state index contributed by atoms with van der Waals surface area (Å²) in [5, 5.41) is 9.95. The molecule has 1 aliphatic heterocycles. The predicted molar refractivity (Wildman–Crippen MR) is 96.4 cm³/mol. The van der Waals surface area contributed by atoms with E-state index in [-0.39, 0.29) is 0 Å². The summed E-state index contributed by atoms with van der Waals surface area (Å²) >= 11 is 7.83. The number of hydrogen-bond acceptors (Lipinski definition) is 5. The maximum absolute atomic E-state index is 5.19. The highest BCUT2D eigenvalue weighted by molar-refractivity contribution is 9.10. The molecule has 1 aliphatic rings. The van der Waals surface area contributed by atoms with Crippen LogP contribution in [0.5, 0.6) is 0 Å². The number of hydrogen-bond donors (Lipinski definition) is 1. The molecule has 0 spiro atoms. The van der Waals surface area contributed by atoms with Crippen LogP contribution in [0.2, 0.25) is 0 Å². The molecule has 4 atom stereocenters. The molecule has 4 nitrogen and oxygen atoms in total. The lowest BCUT2D eigenvalue weighted by Gasteiger charge is -2.36. The predicted octanol–water partition coefficient (Wildman–Crippen LogP) is 3.18. The Morgan fingerprint density at radius 3 is 2.90 bits per heavy atom. The second kappa shape index (κ2) is 8.24. The fourth-order valence-corrected chi connectivity index (χ4v) is 6.19. The van der Waals surface area contributed by atoms with E-state index in [1.54, 1.807) is 7.11 Å². The molecule has 1 aromatic heterocycles. The number of halogens is 1. The highest BCUT2D eigenvalue weighted by Crippen LogP contribution is 2.42. The summed E-state index contributed by atoms with van der Waals surface area (Å²) < 4.78 is 8.33. The van der Waals surface area contributed by atoms with Crippen molar-refractivity contribution in [2.45, 2.75) is 42.2 Å². The van der Waals surface area contributed by atoms with E-state index in [0.29, 0.717) is 23.1 Å². The molecule has 0 saturated carbocycles. The Morgan fingerprint density at radius 1 is 1.52 bits per heavy atom. The zero-order valence-electron chi connectivity index (χ0n) is 13.0. The van der Waals surface area contributed by atoms with Gasteiger partial charge in [0.1, 0.15) is 0 Å². The molecule has 0 aliphatic carbocycles. The summed E-state index contributed by atoms with van der Waals surface area (Å²) in [6.07, 6.45) is 1.89. The van der Waals surface area contributed by atoms with E-state index in [2.05, 4.69) is 68.4 Å². The van der Waals surface area contributed by atoms with Crippen LogP contribution in [-0.2, 0) is 11.3 Å². The normalized spacial score (nSPS) is 27.8. The first kappa shape index (κ1) is 17.7. The van der Waals surface area contributed by atoms with Crippen molar-refractivity contribution in [3.63, 3.8) is 0 Å². The van der Waals surface area contributed by atoms with Crippen LogP contribution in [0.4, 0.5) is 0 Å². The number of ether oxygens (including phenoxy) is 1. The Bertz CT molecular complexity index is 457. The van der Waals surface area contributed by atoms with Gasteiger partial charge in [-0.15, -0.1) is 0 Å². The van der Waals surface area contributed by atoms with Crippen LogP contribution in [0.15, 0.2) is 10.7 Å². The largest absolute Gasteiger partial charge is 0.383 e. The number of rotatable bonds is 6. The summed E-state index contributed by atoms with van der Waals surface area (Å²) in [4.78, 5) is 0. The minimum atomic E-state index is 0.297. The molecular weight excluding hydrogens is 370 g/mol. The van der Waals surface area contributed by atoms with Crippen molar-refractivity contribution in [1.29, 1.82) is 0 Å². The van der Waals surface area contributed by atoms with Crippen LogP contribution in [0.1, 0.15) is 25.6 Å². The number of nitrogens with zero attached hydrogens (tertiary/aromatic N) is 2. The first-order chi connectivity index (χ1) is 10.1. The molecule has 0 amide bonds. The molecule has 0 bridgehead atoms. The third-order valence-corrected chi connectivity index (χ3v) is 8.00. The molecule has 1 aromatic rings. The fourth-order valence-electron chi connectivity index (χ4n) is 2.52. The van der Waals surface area contributed by atoms with Crippen molar-refractivity contribution in [3.05, 3.63) is 16.4 Å². The molecule has 120 valence electrons. The summed E-state index contributed by atoms with van der Waals surface area (Å²) in [6, 6.07) is 0.297. The highest BCUT2D eigenvalue weighted by atomic mass is 79.9. The van der Waals surface area contributed by atoms with E-state index in [4.69, 9.17) is 4.74 Å². The average Bonchev–Trinajstić information content (AvgIpc) is 2.83. The number of methoxy groups -OCH3 is 1. The Balaban J connectivity index is 2.19. The van der Waals surface area contributed by atoms with Gasteiger partial charge in [-0.1, -0.05) is 13.8 Å². The van der Waals surface area contributed by atoms with Crippen molar-refractivity contribution in [1.82, 2.24) is 15.1 Å². The minimum Gasteiger partial charge on any atom is -0.383 e. The Kier molecular flexibility index (Phi) is 6.93. The van der Waals surface area contributed by atoms with Gasteiger partial charge < -0.3 is 10.1 Å². The van der Waals surface area contributed by atoms with Crippen molar-refractivity contribution in [2.24, 2.45) is 0 Å². The van der Waals surface area contributed by atoms with Crippen LogP contribution in [-0.4, -0.2) is 52.0 Å². The van der Waals surface area contributed by atoms with Crippen LogP contribution >= 0.6 is 39.5 Å². The molecule has 2 rings (SSSR count). The maximum atomic E-state index is 5.19. The average molecular weight is 394 g/mol. The van der Waals surface area contributed by atoms with Gasteiger partial charge in [0.15, 0.2) is 0 Å². The summed E-state index contributed by atoms with van der Waals surface area (Å²) in [5.74, 6) is 1.17. The standard InChI is InChI=1S/C14H24BrN3OS2/c1-9-10(2)21-12(8-20-9)13(16-3)14-11(15)7-17-18(14)5-6-19-4/h7,9-10,12-13,16H,5-6,8H2,1-4H3. The zero-order valence-corrected chi connectivity index (χ0v) is 16.2. The maximum Gasteiger partial charge on any atom is 0.0708 e. The van der Waals surface area contributed by atoms with Crippen LogP contribution in [0, 0.1) is 0 Å². The van der Waals surface area contributed by atoms with Crippen LogP contribution in [0.25, 0.3) is 0 Å². The van der Waals surface area contributed by atoms with Gasteiger partial charge in [0.05, 0.1) is 35.6 Å². The van der Waals surface area contributed by atoms with Gasteiger partial charge in [0, 0.05) is 28.6 Å². The summed E-state index contributed by atoms with van der Waals surface area (Å²) in [6.45, 7) is 6.12. The van der Waals surface area contributed by atoms with Gasteiger partial charge in [-0.3, -0.25) is 4.68 Å². The van der Waals surface area contributed by atoms with Crippen molar-refractivity contribution < 1.29 is 4.74 Å². The van der Waals surface area contributed by atoms with Gasteiger partial charge >= 0.3 is 0 Å². The molecule has 0 aromatic carbocycles. The first-order valence-corrected chi connectivity index (χ1v) is 10.0. The van der Waals surface area contributed by atoms with Gasteiger partial charge in [-0.25, -0.2) is 0 Å². The summed E-state index contributed by atoms with van der Waals surface area (Å²) in [7, 11) is 3.77. The van der Waals surface area contributed by atoms with E-state index in [1.165, 1.54) is 11.4 Å². The van der Waals surface area contributed by atoms with Crippen molar-refractivity contribution >= 4 is 39.5 Å². The molecule has 7 heteroatoms. The van der Waals surface area contributed by atoms with E-state index in [0.717, 1.165) is 16.3 Å². The molecule has 1 saturated heterocycles. The lowest BCUT2D eigenvalue weighted by molar-refractivity contribution is 0.181. The van der Waals surface area contributed by atoms with Gasteiger partial charge in [0.2, 0.25) is 0 Å². The number of nitrogens with one attached hydrogen (secondary N) is 1. The third-order valence-electron chi connectivity index (χ3n) is 3.89. The SMILES string of the molecule is CNC(c1c(Br)cnn1CCOC)C1CSC(C)C(C)S1. The lowest BCUT2D eigenvalue weighted by Crippen LogP contribution is -2.37. The molecule has 2 heterocycles. The van der Waals surface area contributed by atoms with E-state index < -0.39 is 0 Å². The van der Waals surface area contributed by atoms with Crippen molar-refractivity contribution in [3.8, 4) is 0 Å². The minimum absolute atomic E-state index is 0.297. The quantitative estimate of drug-likeness (QED) is 0.803. The smallest absolute Gasteiger partial charge is 0.0708 e. The molecular formula is C14H24BrN3OS2. The molecule has 21 heavy (non-hydrogen) atoms. The second-order valence-corrected chi connectivity index (χ2v) is 9.16. The van der Waals surface area contributed by atoms with E-state index >= 15 is 0 Å². The molecule has 1 fully saturated rings. The molecule has 1 N–H and O–H groups in total. The van der Waals surface area contributed by atoms with E-state index in [1.807, 2.05) is 13.2 Å². The second-order valence-electron chi connectivity index (χ2n) is 5.28. The Labute approximate surface area is 144 Å². The third kappa shape index (κ3) is 4.19. The number of thioether (sulfide) groups is 2. The topological polar surface area (TPSA) is 39.1 Å².